The van der Waals surface area contributed by atoms with Crippen molar-refractivity contribution in [2.45, 2.75) is 20.3 Å². The fourth-order valence-corrected chi connectivity index (χ4v) is 2.67. The number of aryl methyl sites for hydroxylation is 1. The smallest absolute Gasteiger partial charge is 0.254 e. The van der Waals surface area contributed by atoms with Crippen LogP contribution in [0.15, 0.2) is 71.7 Å². The van der Waals surface area contributed by atoms with Crippen molar-refractivity contribution >= 4 is 12.2 Å². The number of hydrogen-bond acceptors (Lipinski definition) is 1. The van der Waals surface area contributed by atoms with Gasteiger partial charge >= 0.3 is 0 Å². The molecule has 0 aliphatic carbocycles. The van der Waals surface area contributed by atoms with E-state index in [1.807, 2.05) is 73.7 Å². The third kappa shape index (κ3) is 3.54. The van der Waals surface area contributed by atoms with Crippen LogP contribution in [0.3, 0.4) is 0 Å². The van der Waals surface area contributed by atoms with Crippen molar-refractivity contribution < 1.29 is 4.11 Å². The normalized spacial score (nSPS) is 13.5. The van der Waals surface area contributed by atoms with Crippen molar-refractivity contribution in [1.29, 1.82) is 0 Å². The highest BCUT2D eigenvalue weighted by Gasteiger charge is 2.08. The van der Waals surface area contributed by atoms with E-state index in [1.54, 1.807) is 12.3 Å². The lowest BCUT2D eigenvalue weighted by Crippen LogP contribution is -2.24. The first-order valence-electron chi connectivity index (χ1n) is 9.38. The monoisotopic (exact) mass is 318 g/mol. The molecule has 0 aliphatic heterocycles. The van der Waals surface area contributed by atoms with Gasteiger partial charge in [-0.25, -0.2) is 0 Å². The molecule has 0 N–H and O–H groups in total. The number of hydrogen-bond donors (Lipinski definition) is 0. The Balaban J connectivity index is 2.10. The van der Waals surface area contributed by atoms with E-state index in [4.69, 9.17) is 4.11 Å². The number of rotatable bonds is 4. The fraction of sp³-hybridized carbons (Fsp3) is 0.136. The zero-order chi connectivity index (χ0) is 19.4. The van der Waals surface area contributed by atoms with Crippen molar-refractivity contribution in [3.05, 3.63) is 105 Å². The average molecular weight is 318 g/mol. The second-order valence-electron chi connectivity index (χ2n) is 5.76. The molecule has 0 radical (unpaired) electrons. The lowest BCUT2D eigenvalue weighted by Gasteiger charge is -2.12. The van der Waals surface area contributed by atoms with Gasteiger partial charge in [0.15, 0.2) is 0 Å². The molecule has 24 heavy (non-hydrogen) atoms. The average Bonchev–Trinajstić information content (AvgIpc) is 2.64. The van der Waals surface area contributed by atoms with Crippen LogP contribution in [0.25, 0.3) is 12.2 Å². The minimum atomic E-state index is -2.49. The molecular weight excluding hydrogens is 294 g/mol. The number of pyridine rings is 1. The Morgan fingerprint density at radius 2 is 1.67 bits per heavy atom. The second kappa shape index (κ2) is 7.14. The molecule has 2 heteroatoms. The van der Waals surface area contributed by atoms with Gasteiger partial charge in [0.25, 0.3) is 5.56 Å². The highest BCUT2D eigenvalue weighted by atomic mass is 16.1. The molecule has 0 spiro atoms. The molecule has 0 unspecified atom stereocenters. The minimum absolute atomic E-state index is 0.134. The molecule has 3 rings (SSSR count). The Morgan fingerprint density at radius 3 is 2.33 bits per heavy atom. The number of nitrogens with zero attached hydrogens (tertiary/aromatic N) is 1. The summed E-state index contributed by atoms with van der Waals surface area (Å²) in [6.45, 7) is -0.314. The second-order valence-corrected chi connectivity index (χ2v) is 5.76. The molecule has 1 heterocycles. The summed E-state index contributed by atoms with van der Waals surface area (Å²) in [7, 11) is 0. The molecule has 0 amide bonds. The molecule has 2 aromatic carbocycles. The van der Waals surface area contributed by atoms with Crippen LogP contribution in [0, 0.1) is 13.8 Å². The van der Waals surface area contributed by atoms with Gasteiger partial charge in [0.05, 0.1) is 6.54 Å². The van der Waals surface area contributed by atoms with E-state index in [0.717, 1.165) is 16.7 Å². The number of aromatic nitrogens is 1. The first-order chi connectivity index (χ1) is 12.9. The molecular formula is C22H21NO. The Morgan fingerprint density at radius 1 is 1.00 bits per heavy atom. The van der Waals surface area contributed by atoms with Gasteiger partial charge in [-0.3, -0.25) is 4.79 Å². The van der Waals surface area contributed by atoms with Crippen molar-refractivity contribution in [2.24, 2.45) is 0 Å². The molecule has 0 fully saturated rings. The van der Waals surface area contributed by atoms with Gasteiger partial charge in [0.2, 0.25) is 0 Å². The van der Waals surface area contributed by atoms with Gasteiger partial charge in [0, 0.05) is 15.9 Å². The summed E-state index contributed by atoms with van der Waals surface area (Å²) in [4.78, 5) is 13.0. The minimum Gasteiger partial charge on any atom is -0.311 e. The predicted octanol–water partition coefficient (Wildman–Crippen LogP) is 4.68. The molecule has 0 bridgehead atoms. The maximum absolute atomic E-state index is 13.0. The first-order valence-corrected chi connectivity index (χ1v) is 7.88. The topological polar surface area (TPSA) is 22.0 Å². The predicted molar refractivity (Wildman–Crippen MR) is 101 cm³/mol. The van der Waals surface area contributed by atoms with E-state index in [-0.39, 0.29) is 5.56 Å². The van der Waals surface area contributed by atoms with E-state index in [1.165, 1.54) is 4.57 Å². The van der Waals surface area contributed by atoms with Crippen molar-refractivity contribution in [3.8, 4) is 0 Å². The zero-order valence-corrected chi connectivity index (χ0v) is 13.6. The largest absolute Gasteiger partial charge is 0.311 e. The molecule has 2 nitrogen and oxygen atoms in total. The molecule has 1 aromatic heterocycles. The molecule has 0 aliphatic rings. The summed E-state index contributed by atoms with van der Waals surface area (Å²) in [5, 5.41) is 0. The first kappa shape index (κ1) is 12.5. The van der Waals surface area contributed by atoms with Gasteiger partial charge in [-0.2, -0.15) is 0 Å². The summed E-state index contributed by atoms with van der Waals surface area (Å²) in [5.41, 5.74) is 2.50. The van der Waals surface area contributed by atoms with Crippen LogP contribution in [-0.2, 0) is 6.54 Å². The maximum atomic E-state index is 13.0. The van der Waals surface area contributed by atoms with Gasteiger partial charge in [0.1, 0.15) is 0 Å². The molecule has 120 valence electrons. The van der Waals surface area contributed by atoms with E-state index >= 15 is 0 Å². The zero-order valence-electron chi connectivity index (χ0n) is 16.6. The lowest BCUT2D eigenvalue weighted by atomic mass is 10.0. The van der Waals surface area contributed by atoms with Gasteiger partial charge in [-0.15, -0.1) is 0 Å². The highest BCUT2D eigenvalue weighted by molar-refractivity contribution is 5.72. The molecule has 0 saturated carbocycles. The van der Waals surface area contributed by atoms with Crippen molar-refractivity contribution in [2.75, 3.05) is 0 Å². The van der Waals surface area contributed by atoms with Crippen molar-refractivity contribution in [3.63, 3.8) is 0 Å². The SMILES string of the molecule is [2H]C([2H])([2H])c1c(/C=C/c2ccccc2)c(C)cn(Cc2ccccc2)c1=O. The summed E-state index contributed by atoms with van der Waals surface area (Å²) in [6, 6.07) is 19.1. The van der Waals surface area contributed by atoms with Crippen LogP contribution >= 0.6 is 0 Å². The maximum Gasteiger partial charge on any atom is 0.254 e. The quantitative estimate of drug-likeness (QED) is 0.684. The lowest BCUT2D eigenvalue weighted by molar-refractivity contribution is 0.746. The third-order valence-electron chi connectivity index (χ3n) is 3.96. The van der Waals surface area contributed by atoms with Crippen LogP contribution in [0.5, 0.6) is 0 Å². The Labute approximate surface area is 146 Å². The van der Waals surface area contributed by atoms with Gasteiger partial charge < -0.3 is 4.57 Å². The van der Waals surface area contributed by atoms with Crippen LogP contribution in [-0.4, -0.2) is 4.57 Å². The summed E-state index contributed by atoms with van der Waals surface area (Å²) in [5.74, 6) is 0. The third-order valence-corrected chi connectivity index (χ3v) is 3.96. The van der Waals surface area contributed by atoms with Gasteiger partial charge in [-0.05, 0) is 36.0 Å². The van der Waals surface area contributed by atoms with E-state index in [9.17, 15) is 4.79 Å². The van der Waals surface area contributed by atoms with Gasteiger partial charge in [-0.1, -0.05) is 72.8 Å². The van der Waals surface area contributed by atoms with Crippen molar-refractivity contribution in [1.82, 2.24) is 4.57 Å². The Bertz CT molecular complexity index is 1000. The number of benzene rings is 2. The Hall–Kier alpha value is -2.87. The van der Waals surface area contributed by atoms with Crippen LogP contribution < -0.4 is 5.56 Å². The highest BCUT2D eigenvalue weighted by Crippen LogP contribution is 2.15. The summed E-state index contributed by atoms with van der Waals surface area (Å²) >= 11 is 0. The van der Waals surface area contributed by atoms with Crippen LogP contribution in [0.4, 0.5) is 0 Å². The van der Waals surface area contributed by atoms with E-state index in [0.29, 0.717) is 12.1 Å². The summed E-state index contributed by atoms with van der Waals surface area (Å²) in [6.07, 6.45) is 5.29. The molecule has 0 saturated heterocycles. The van der Waals surface area contributed by atoms with E-state index in [2.05, 4.69) is 0 Å². The standard InChI is InChI=1S/C22H21NO/c1-17-15-23(16-20-11-7-4-8-12-20)22(24)18(2)21(17)14-13-19-9-5-3-6-10-19/h3-15H,16H2,1-2H3/b14-13+/i2D3. The van der Waals surface area contributed by atoms with Crippen LogP contribution in [0.1, 0.15) is 31.9 Å². The fourth-order valence-electron chi connectivity index (χ4n) is 2.67. The summed E-state index contributed by atoms with van der Waals surface area (Å²) < 4.78 is 25.2. The Kier molecular flexibility index (Phi) is 3.73. The molecule has 3 aromatic rings. The molecule has 0 atom stereocenters. The van der Waals surface area contributed by atoms with Crippen LogP contribution in [0.2, 0.25) is 0 Å². The van der Waals surface area contributed by atoms with E-state index < -0.39 is 12.4 Å².